The first kappa shape index (κ1) is 24.1. The minimum atomic E-state index is -0.535. The second kappa shape index (κ2) is 9.14. The average Bonchev–Trinajstić information content (AvgIpc) is 3.57. The van der Waals surface area contributed by atoms with Gasteiger partial charge in [0.05, 0.1) is 40.4 Å². The molecule has 5 heterocycles. The molecule has 188 valence electrons. The van der Waals surface area contributed by atoms with E-state index in [0.717, 1.165) is 46.9 Å². The van der Waals surface area contributed by atoms with Crippen molar-refractivity contribution in [2.45, 2.75) is 45.6 Å². The Morgan fingerprint density at radius 1 is 1.22 bits per heavy atom. The summed E-state index contributed by atoms with van der Waals surface area (Å²) in [6.45, 7) is 8.12. The number of nitrogens with zero attached hydrogens (tertiary/aromatic N) is 6. The predicted molar refractivity (Wildman–Crippen MR) is 140 cm³/mol. The van der Waals surface area contributed by atoms with Crippen molar-refractivity contribution in [2.24, 2.45) is 12.8 Å². The number of rotatable bonds is 7. The lowest BCUT2D eigenvalue weighted by Gasteiger charge is -2.31. The molecule has 10 nitrogen and oxygen atoms in total. The van der Waals surface area contributed by atoms with Crippen LogP contribution in [0.15, 0.2) is 30.9 Å². The van der Waals surface area contributed by atoms with E-state index in [1.807, 2.05) is 26.2 Å². The van der Waals surface area contributed by atoms with Gasteiger partial charge in [0.1, 0.15) is 4.83 Å². The number of amides is 2. The first-order chi connectivity index (χ1) is 17.1. The molecule has 0 aromatic carbocycles. The van der Waals surface area contributed by atoms with Crippen LogP contribution in [0.4, 0.5) is 5.69 Å². The van der Waals surface area contributed by atoms with Crippen molar-refractivity contribution in [1.29, 1.82) is 0 Å². The minimum Gasteiger partial charge on any atom is -0.365 e. The molecule has 3 N–H and O–H groups in total. The summed E-state index contributed by atoms with van der Waals surface area (Å²) in [5.74, 6) is -0.583. The number of fused-ring (bicyclic) bond motifs is 1. The zero-order chi connectivity index (χ0) is 25.6. The van der Waals surface area contributed by atoms with Crippen molar-refractivity contribution in [1.82, 2.24) is 29.3 Å². The Morgan fingerprint density at radius 3 is 2.69 bits per heavy atom. The molecule has 0 atom stereocenters. The van der Waals surface area contributed by atoms with Crippen molar-refractivity contribution in [3.63, 3.8) is 0 Å². The number of hydrogen-bond acceptors (Lipinski definition) is 7. The van der Waals surface area contributed by atoms with E-state index < -0.39 is 5.91 Å². The summed E-state index contributed by atoms with van der Waals surface area (Å²) in [6, 6.07) is 1.91. The third-order valence-electron chi connectivity index (χ3n) is 6.89. The molecule has 2 amide bonds. The van der Waals surface area contributed by atoms with Crippen LogP contribution in [-0.4, -0.2) is 59.7 Å². The molecule has 0 unspecified atom stereocenters. The van der Waals surface area contributed by atoms with Gasteiger partial charge in [-0.2, -0.15) is 10.2 Å². The highest BCUT2D eigenvalue weighted by molar-refractivity contribution is 7.21. The van der Waals surface area contributed by atoms with Gasteiger partial charge in [0.2, 0.25) is 5.91 Å². The minimum absolute atomic E-state index is 0.0487. The number of likely N-dealkylation sites (tertiary alicyclic amines) is 1. The van der Waals surface area contributed by atoms with E-state index in [2.05, 4.69) is 39.2 Å². The lowest BCUT2D eigenvalue weighted by molar-refractivity contribution is -0.116. The summed E-state index contributed by atoms with van der Waals surface area (Å²) >= 11 is 1.42. The number of aromatic nitrogens is 5. The Labute approximate surface area is 213 Å². The van der Waals surface area contributed by atoms with E-state index in [9.17, 15) is 9.59 Å². The fraction of sp³-hybridized carbons (Fsp3) is 0.400. The SMILES string of the molecule is Cc1ncc(NC(=O)CCN2CCCC2(C)C)cc1-c1c(-c2cnn(C)c2)sc2c(C(N)=O)cnn12. The number of hydrogen-bond donors (Lipinski definition) is 2. The zero-order valence-electron chi connectivity index (χ0n) is 20.9. The fourth-order valence-electron chi connectivity index (χ4n) is 4.85. The van der Waals surface area contributed by atoms with Crippen LogP contribution < -0.4 is 11.1 Å². The Balaban J connectivity index is 1.48. The molecule has 0 aliphatic carbocycles. The number of nitrogens with one attached hydrogen (secondary N) is 1. The van der Waals surface area contributed by atoms with Crippen LogP contribution in [0.3, 0.4) is 0 Å². The number of pyridine rings is 1. The molecule has 4 aromatic rings. The van der Waals surface area contributed by atoms with E-state index in [1.54, 1.807) is 21.6 Å². The van der Waals surface area contributed by atoms with Gasteiger partial charge < -0.3 is 11.1 Å². The lowest BCUT2D eigenvalue weighted by atomic mass is 10.0. The van der Waals surface area contributed by atoms with Crippen LogP contribution in [0.5, 0.6) is 0 Å². The topological polar surface area (TPSA) is 123 Å². The quantitative estimate of drug-likeness (QED) is 0.396. The van der Waals surface area contributed by atoms with Gasteiger partial charge in [0, 0.05) is 48.6 Å². The first-order valence-corrected chi connectivity index (χ1v) is 12.8. The number of anilines is 1. The average molecular weight is 507 g/mol. The molecule has 4 aromatic heterocycles. The molecule has 0 radical (unpaired) electrons. The number of aryl methyl sites for hydroxylation is 2. The number of carbonyl (C=O) groups excluding carboxylic acids is 2. The van der Waals surface area contributed by atoms with Crippen molar-refractivity contribution >= 4 is 33.7 Å². The van der Waals surface area contributed by atoms with Gasteiger partial charge in [-0.05, 0) is 46.2 Å². The van der Waals surface area contributed by atoms with E-state index >= 15 is 0 Å². The third kappa shape index (κ3) is 4.40. The highest BCUT2D eigenvalue weighted by Crippen LogP contribution is 2.41. The molecule has 11 heteroatoms. The van der Waals surface area contributed by atoms with Crippen LogP contribution in [0, 0.1) is 6.92 Å². The van der Waals surface area contributed by atoms with Gasteiger partial charge in [-0.15, -0.1) is 11.3 Å². The molecule has 36 heavy (non-hydrogen) atoms. The summed E-state index contributed by atoms with van der Waals surface area (Å²) in [7, 11) is 1.85. The van der Waals surface area contributed by atoms with Gasteiger partial charge >= 0.3 is 0 Å². The van der Waals surface area contributed by atoms with Crippen LogP contribution in [0.2, 0.25) is 0 Å². The molecule has 0 saturated carbocycles. The molecular formula is C25H30N8O2S. The zero-order valence-corrected chi connectivity index (χ0v) is 21.7. The van der Waals surface area contributed by atoms with Crippen LogP contribution in [0.25, 0.3) is 26.5 Å². The standard InChI is InChI=1S/C25H30N8O2S/c1-15-18(10-17(12-27-15)30-20(34)6-9-32-8-5-7-25(32,2)3)21-22(16-11-28-31(4)14-16)36-24-19(23(26)35)13-29-33(21)24/h10-14H,5-9H2,1-4H3,(H2,26,35)(H,30,34). The van der Waals surface area contributed by atoms with Gasteiger partial charge in [-0.3, -0.25) is 24.2 Å². The second-order valence-electron chi connectivity index (χ2n) is 9.88. The highest BCUT2D eigenvalue weighted by Gasteiger charge is 2.31. The molecule has 1 saturated heterocycles. The summed E-state index contributed by atoms with van der Waals surface area (Å²) < 4.78 is 3.44. The summed E-state index contributed by atoms with van der Waals surface area (Å²) in [4.78, 5) is 33.3. The first-order valence-electron chi connectivity index (χ1n) is 12.0. The van der Waals surface area contributed by atoms with E-state index in [4.69, 9.17) is 5.73 Å². The highest BCUT2D eigenvalue weighted by atomic mass is 32.1. The third-order valence-corrected chi connectivity index (χ3v) is 8.11. The van der Waals surface area contributed by atoms with Gasteiger partial charge in [0.25, 0.3) is 5.91 Å². The molecule has 0 bridgehead atoms. The maximum absolute atomic E-state index is 12.8. The Morgan fingerprint density at radius 2 is 2.03 bits per heavy atom. The molecule has 1 aliphatic rings. The summed E-state index contributed by atoms with van der Waals surface area (Å²) in [6.07, 6.45) is 9.57. The van der Waals surface area contributed by atoms with Crippen LogP contribution >= 0.6 is 11.3 Å². The maximum atomic E-state index is 12.8. The van der Waals surface area contributed by atoms with Crippen molar-refractivity contribution < 1.29 is 9.59 Å². The van der Waals surface area contributed by atoms with Gasteiger partial charge in [-0.25, -0.2) is 4.52 Å². The number of thiazole rings is 1. The lowest BCUT2D eigenvalue weighted by Crippen LogP contribution is -2.39. The molecule has 1 aliphatic heterocycles. The number of primary amides is 1. The van der Waals surface area contributed by atoms with Crippen LogP contribution in [-0.2, 0) is 11.8 Å². The van der Waals surface area contributed by atoms with Crippen molar-refractivity contribution in [3.8, 4) is 21.7 Å². The summed E-state index contributed by atoms with van der Waals surface area (Å²) in [5.41, 5.74) is 9.94. The van der Waals surface area contributed by atoms with Gasteiger partial charge in [-0.1, -0.05) is 0 Å². The summed E-state index contributed by atoms with van der Waals surface area (Å²) in [5, 5.41) is 11.8. The van der Waals surface area contributed by atoms with Crippen LogP contribution in [0.1, 0.15) is 49.2 Å². The smallest absolute Gasteiger partial charge is 0.253 e. The monoisotopic (exact) mass is 506 g/mol. The number of nitrogens with two attached hydrogens (primary N) is 1. The Bertz CT molecular complexity index is 1460. The molecule has 1 fully saturated rings. The molecule has 5 rings (SSSR count). The van der Waals surface area contributed by atoms with E-state index in [0.29, 0.717) is 22.5 Å². The number of carbonyl (C=O) groups is 2. The second-order valence-corrected chi connectivity index (χ2v) is 10.9. The van der Waals surface area contributed by atoms with E-state index in [-0.39, 0.29) is 11.4 Å². The van der Waals surface area contributed by atoms with Crippen molar-refractivity contribution in [3.05, 3.63) is 42.1 Å². The van der Waals surface area contributed by atoms with Crippen molar-refractivity contribution in [2.75, 3.05) is 18.4 Å². The predicted octanol–water partition coefficient (Wildman–Crippen LogP) is 3.47. The fourth-order valence-corrected chi connectivity index (χ4v) is 6.05. The molecular weight excluding hydrogens is 476 g/mol. The molecule has 0 spiro atoms. The Hall–Kier alpha value is -3.57. The van der Waals surface area contributed by atoms with Gasteiger partial charge in [0.15, 0.2) is 0 Å². The Kier molecular flexibility index (Phi) is 6.13. The normalized spacial score (nSPS) is 15.6. The maximum Gasteiger partial charge on any atom is 0.253 e. The van der Waals surface area contributed by atoms with E-state index in [1.165, 1.54) is 24.0 Å². The largest absolute Gasteiger partial charge is 0.365 e.